The fourth-order valence-electron chi connectivity index (χ4n) is 4.33. The summed E-state index contributed by atoms with van der Waals surface area (Å²) in [5.74, 6) is 0. The Balaban J connectivity index is 1.56. The predicted octanol–water partition coefficient (Wildman–Crippen LogP) is 5.40. The average Bonchev–Trinajstić information content (AvgIpc) is 3.14. The normalized spacial score (nSPS) is 13.3. The standard InChI is InChI=1S/C26H24N2O2/c1-3-24(30-16-18-9-5-4-6-10-18)21-14-23-25-20(15-28(23)26(29)17(21)2)13-19-11-7-8-12-22(19)27-25/h4-14,24H,3,15-16H2,1-2H3. The van der Waals surface area contributed by atoms with Gasteiger partial charge in [-0.15, -0.1) is 0 Å². The van der Waals surface area contributed by atoms with Crippen LogP contribution in [0.2, 0.25) is 0 Å². The molecule has 0 saturated heterocycles. The smallest absolute Gasteiger partial charge is 0.254 e. The van der Waals surface area contributed by atoms with E-state index in [9.17, 15) is 4.79 Å². The van der Waals surface area contributed by atoms with E-state index in [-0.39, 0.29) is 11.7 Å². The topological polar surface area (TPSA) is 44.1 Å². The van der Waals surface area contributed by atoms with E-state index in [4.69, 9.17) is 9.72 Å². The Labute approximate surface area is 175 Å². The summed E-state index contributed by atoms with van der Waals surface area (Å²) in [6.07, 6.45) is 0.669. The highest BCUT2D eigenvalue weighted by Crippen LogP contribution is 2.35. The average molecular weight is 396 g/mol. The molecule has 0 fully saturated rings. The number of pyridine rings is 2. The number of ether oxygens (including phenoxy) is 1. The van der Waals surface area contributed by atoms with Crippen molar-refractivity contribution >= 4 is 10.9 Å². The van der Waals surface area contributed by atoms with Gasteiger partial charge in [-0.3, -0.25) is 4.79 Å². The molecule has 4 heteroatoms. The Morgan fingerprint density at radius 1 is 1.07 bits per heavy atom. The maximum Gasteiger partial charge on any atom is 0.254 e. The van der Waals surface area contributed by atoms with Crippen molar-refractivity contribution in [2.45, 2.75) is 39.5 Å². The third kappa shape index (κ3) is 3.14. The SMILES string of the molecule is CCC(OCc1ccccc1)c1cc2n(c(=O)c1C)Cc1cc3ccccc3nc1-2. The van der Waals surface area contributed by atoms with Gasteiger partial charge in [0.25, 0.3) is 5.56 Å². The summed E-state index contributed by atoms with van der Waals surface area (Å²) in [6.45, 7) is 5.10. The molecule has 3 heterocycles. The highest BCUT2D eigenvalue weighted by molar-refractivity contribution is 5.83. The molecule has 0 amide bonds. The lowest BCUT2D eigenvalue weighted by Crippen LogP contribution is -2.24. The molecule has 0 spiro atoms. The highest BCUT2D eigenvalue weighted by Gasteiger charge is 2.26. The van der Waals surface area contributed by atoms with Gasteiger partial charge in [-0.05, 0) is 42.7 Å². The van der Waals surface area contributed by atoms with Crippen LogP contribution in [0.4, 0.5) is 0 Å². The summed E-state index contributed by atoms with van der Waals surface area (Å²) < 4.78 is 8.10. The molecule has 4 aromatic rings. The second-order valence-corrected chi connectivity index (χ2v) is 7.88. The van der Waals surface area contributed by atoms with Gasteiger partial charge >= 0.3 is 0 Å². The molecule has 4 nitrogen and oxygen atoms in total. The van der Waals surface area contributed by atoms with Crippen LogP contribution in [0, 0.1) is 6.92 Å². The van der Waals surface area contributed by atoms with Gasteiger partial charge in [-0.1, -0.05) is 55.5 Å². The second kappa shape index (κ2) is 7.54. The van der Waals surface area contributed by atoms with Crippen molar-refractivity contribution < 1.29 is 4.74 Å². The van der Waals surface area contributed by atoms with Gasteiger partial charge in [-0.2, -0.15) is 0 Å². The molecule has 1 atom stereocenters. The monoisotopic (exact) mass is 396 g/mol. The zero-order valence-electron chi connectivity index (χ0n) is 17.3. The van der Waals surface area contributed by atoms with E-state index in [1.165, 1.54) is 0 Å². The van der Waals surface area contributed by atoms with Crippen LogP contribution in [0.1, 0.15) is 41.7 Å². The number of aromatic nitrogens is 2. The summed E-state index contributed by atoms with van der Waals surface area (Å²) in [5, 5.41) is 1.10. The van der Waals surface area contributed by atoms with Crippen LogP contribution in [0.5, 0.6) is 0 Å². The zero-order valence-corrected chi connectivity index (χ0v) is 17.3. The van der Waals surface area contributed by atoms with E-state index >= 15 is 0 Å². The molecule has 150 valence electrons. The van der Waals surface area contributed by atoms with Crippen molar-refractivity contribution in [2.24, 2.45) is 0 Å². The Kier molecular flexibility index (Phi) is 4.72. The van der Waals surface area contributed by atoms with E-state index in [2.05, 4.69) is 37.3 Å². The second-order valence-electron chi connectivity index (χ2n) is 7.88. The van der Waals surface area contributed by atoms with Crippen LogP contribution < -0.4 is 5.56 Å². The van der Waals surface area contributed by atoms with Crippen LogP contribution >= 0.6 is 0 Å². The first-order valence-corrected chi connectivity index (χ1v) is 10.4. The first-order valence-electron chi connectivity index (χ1n) is 10.4. The molecule has 5 rings (SSSR count). The lowest BCUT2D eigenvalue weighted by molar-refractivity contribution is 0.0366. The number of nitrogens with zero attached hydrogens (tertiary/aromatic N) is 2. The minimum Gasteiger partial charge on any atom is -0.369 e. The summed E-state index contributed by atoms with van der Waals surface area (Å²) in [7, 11) is 0. The molecule has 0 saturated carbocycles. The Morgan fingerprint density at radius 3 is 2.63 bits per heavy atom. The predicted molar refractivity (Wildman–Crippen MR) is 120 cm³/mol. The van der Waals surface area contributed by atoms with Crippen molar-refractivity contribution in [1.29, 1.82) is 0 Å². The molecular weight excluding hydrogens is 372 g/mol. The highest BCUT2D eigenvalue weighted by atomic mass is 16.5. The summed E-state index contributed by atoms with van der Waals surface area (Å²) >= 11 is 0. The molecule has 1 aliphatic heterocycles. The van der Waals surface area contributed by atoms with E-state index in [1.807, 2.05) is 47.9 Å². The van der Waals surface area contributed by atoms with Gasteiger partial charge in [0.1, 0.15) is 0 Å². The maximum atomic E-state index is 13.2. The number of hydrogen-bond acceptors (Lipinski definition) is 3. The van der Waals surface area contributed by atoms with Gasteiger partial charge in [0, 0.05) is 16.5 Å². The number of benzene rings is 2. The Morgan fingerprint density at radius 2 is 1.83 bits per heavy atom. The van der Waals surface area contributed by atoms with Crippen LogP contribution in [0.3, 0.4) is 0 Å². The lowest BCUT2D eigenvalue weighted by Gasteiger charge is -2.20. The molecule has 2 aromatic carbocycles. The molecule has 30 heavy (non-hydrogen) atoms. The van der Waals surface area contributed by atoms with Crippen LogP contribution in [-0.4, -0.2) is 9.55 Å². The first kappa shape index (κ1) is 18.8. The molecule has 0 radical (unpaired) electrons. The fourth-order valence-corrected chi connectivity index (χ4v) is 4.33. The lowest BCUT2D eigenvalue weighted by atomic mass is 10.0. The minimum absolute atomic E-state index is 0.0475. The van der Waals surface area contributed by atoms with Gasteiger partial charge in [0.2, 0.25) is 0 Å². The molecule has 0 bridgehead atoms. The van der Waals surface area contributed by atoms with Crippen molar-refractivity contribution in [3.05, 3.63) is 99.3 Å². The molecule has 0 N–H and O–H groups in total. The van der Waals surface area contributed by atoms with Crippen LogP contribution in [0.25, 0.3) is 22.3 Å². The maximum absolute atomic E-state index is 13.2. The quantitative estimate of drug-likeness (QED) is 0.399. The van der Waals surface area contributed by atoms with Crippen molar-refractivity contribution in [1.82, 2.24) is 9.55 Å². The van der Waals surface area contributed by atoms with Crippen molar-refractivity contribution in [2.75, 3.05) is 0 Å². The van der Waals surface area contributed by atoms with Crippen LogP contribution in [-0.2, 0) is 17.9 Å². The van der Waals surface area contributed by atoms with Gasteiger partial charge in [0.15, 0.2) is 0 Å². The number of para-hydroxylation sites is 1. The number of hydrogen-bond donors (Lipinski definition) is 0. The van der Waals surface area contributed by atoms with E-state index < -0.39 is 0 Å². The minimum atomic E-state index is -0.131. The Bertz CT molecular complexity index is 1290. The van der Waals surface area contributed by atoms with E-state index in [0.717, 1.165) is 51.0 Å². The van der Waals surface area contributed by atoms with Gasteiger partial charge in [0.05, 0.1) is 36.2 Å². The molecule has 0 aliphatic carbocycles. The van der Waals surface area contributed by atoms with Crippen molar-refractivity contribution in [3.8, 4) is 11.4 Å². The summed E-state index contributed by atoms with van der Waals surface area (Å²) in [4.78, 5) is 18.1. The third-order valence-electron chi connectivity index (χ3n) is 5.97. The van der Waals surface area contributed by atoms with E-state index in [1.54, 1.807) is 0 Å². The molecule has 2 aromatic heterocycles. The van der Waals surface area contributed by atoms with E-state index in [0.29, 0.717) is 13.2 Å². The zero-order chi connectivity index (χ0) is 20.7. The summed E-state index contributed by atoms with van der Waals surface area (Å²) in [5.41, 5.74) is 6.75. The van der Waals surface area contributed by atoms with Gasteiger partial charge in [-0.25, -0.2) is 4.98 Å². The van der Waals surface area contributed by atoms with Gasteiger partial charge < -0.3 is 9.30 Å². The first-order chi connectivity index (χ1) is 14.7. The molecule has 1 aliphatic rings. The fraction of sp³-hybridized carbons (Fsp3) is 0.231. The summed E-state index contributed by atoms with van der Waals surface area (Å²) in [6, 6.07) is 22.5. The van der Waals surface area contributed by atoms with Crippen molar-refractivity contribution in [3.63, 3.8) is 0 Å². The number of rotatable bonds is 5. The van der Waals surface area contributed by atoms with Crippen LogP contribution in [0.15, 0.2) is 71.5 Å². The molecule has 1 unspecified atom stereocenters. The Hall–Kier alpha value is -3.24. The number of fused-ring (bicyclic) bond motifs is 4. The largest absolute Gasteiger partial charge is 0.369 e. The third-order valence-corrected chi connectivity index (χ3v) is 5.97. The molecular formula is C26H24N2O2.